The quantitative estimate of drug-likeness (QED) is 0.918. The van der Waals surface area contributed by atoms with Crippen LogP contribution >= 0.6 is 0 Å². The lowest BCUT2D eigenvalue weighted by Crippen LogP contribution is -2.14. The van der Waals surface area contributed by atoms with Crippen LogP contribution in [0, 0.1) is 20.8 Å². The maximum atomic E-state index is 12.2. The highest BCUT2D eigenvalue weighted by atomic mass is 16.1. The van der Waals surface area contributed by atoms with E-state index in [1.807, 2.05) is 44.5 Å². The molecular weight excluding hydrogens is 238 g/mol. The molecule has 0 saturated carbocycles. The maximum absolute atomic E-state index is 12.2. The van der Waals surface area contributed by atoms with Crippen molar-refractivity contribution in [3.63, 3.8) is 0 Å². The molecule has 0 bridgehead atoms. The van der Waals surface area contributed by atoms with Gasteiger partial charge in [-0.05, 0) is 39.3 Å². The second-order valence-electron chi connectivity index (χ2n) is 4.73. The molecule has 0 aliphatic rings. The molecule has 1 heterocycles. The number of anilines is 1. The Morgan fingerprint density at radius 2 is 2.05 bits per heavy atom. The zero-order valence-corrected chi connectivity index (χ0v) is 11.8. The topological polar surface area (TPSA) is 46.9 Å². The molecule has 0 radical (unpaired) electrons. The van der Waals surface area contributed by atoms with E-state index in [1.54, 1.807) is 6.20 Å². The fraction of sp³-hybridized carbons (Fsp3) is 0.333. The van der Waals surface area contributed by atoms with Crippen molar-refractivity contribution >= 4 is 11.6 Å². The van der Waals surface area contributed by atoms with Crippen LogP contribution in [0.5, 0.6) is 0 Å². The minimum atomic E-state index is -0.107. The average Bonchev–Trinajstić information content (AvgIpc) is 2.74. The molecular formula is C15H19N3O. The summed E-state index contributed by atoms with van der Waals surface area (Å²) in [5, 5.41) is 7.13. The summed E-state index contributed by atoms with van der Waals surface area (Å²) in [4.78, 5) is 12.2. The molecule has 4 nitrogen and oxygen atoms in total. The largest absolute Gasteiger partial charge is 0.322 e. The van der Waals surface area contributed by atoms with E-state index in [-0.39, 0.29) is 5.91 Å². The van der Waals surface area contributed by atoms with Gasteiger partial charge in [0.2, 0.25) is 0 Å². The molecule has 1 aromatic carbocycles. The molecule has 19 heavy (non-hydrogen) atoms. The number of amides is 1. The molecule has 100 valence electrons. The van der Waals surface area contributed by atoms with Crippen LogP contribution < -0.4 is 5.32 Å². The smallest absolute Gasteiger partial charge is 0.259 e. The minimum absolute atomic E-state index is 0.107. The van der Waals surface area contributed by atoms with Crippen LogP contribution in [0.3, 0.4) is 0 Å². The fourth-order valence-corrected chi connectivity index (χ4v) is 2.13. The Morgan fingerprint density at radius 3 is 2.63 bits per heavy atom. The lowest BCUT2D eigenvalue weighted by molar-refractivity contribution is 0.102. The van der Waals surface area contributed by atoms with Gasteiger partial charge in [0.15, 0.2) is 0 Å². The molecule has 2 rings (SSSR count). The first kappa shape index (κ1) is 13.3. The number of rotatable bonds is 3. The second kappa shape index (κ2) is 5.26. The summed E-state index contributed by atoms with van der Waals surface area (Å²) >= 11 is 0. The van der Waals surface area contributed by atoms with E-state index in [0.717, 1.165) is 23.5 Å². The van der Waals surface area contributed by atoms with Crippen molar-refractivity contribution < 1.29 is 4.79 Å². The van der Waals surface area contributed by atoms with Crippen LogP contribution in [0.25, 0.3) is 0 Å². The van der Waals surface area contributed by atoms with Crippen LogP contribution in [0.4, 0.5) is 5.69 Å². The van der Waals surface area contributed by atoms with E-state index in [4.69, 9.17) is 0 Å². The number of hydrogen-bond acceptors (Lipinski definition) is 2. The number of benzene rings is 1. The molecule has 2 aromatic rings. The number of nitrogens with one attached hydrogen (secondary N) is 1. The van der Waals surface area contributed by atoms with Crippen molar-refractivity contribution in [1.29, 1.82) is 0 Å². The zero-order valence-electron chi connectivity index (χ0n) is 11.8. The van der Waals surface area contributed by atoms with Gasteiger partial charge in [-0.25, -0.2) is 0 Å². The van der Waals surface area contributed by atoms with E-state index >= 15 is 0 Å². The predicted octanol–water partition coefficient (Wildman–Crippen LogP) is 3.08. The Balaban J connectivity index is 2.23. The van der Waals surface area contributed by atoms with Crippen molar-refractivity contribution in [2.24, 2.45) is 0 Å². The highest BCUT2D eigenvalue weighted by molar-refractivity contribution is 6.05. The van der Waals surface area contributed by atoms with Crippen molar-refractivity contribution in [3.05, 3.63) is 46.8 Å². The van der Waals surface area contributed by atoms with Crippen LogP contribution in [0.1, 0.15) is 34.1 Å². The fourth-order valence-electron chi connectivity index (χ4n) is 2.13. The van der Waals surface area contributed by atoms with Crippen LogP contribution in [-0.2, 0) is 6.54 Å². The maximum Gasteiger partial charge on any atom is 0.259 e. The Hall–Kier alpha value is -2.10. The third kappa shape index (κ3) is 2.67. The van der Waals surface area contributed by atoms with Crippen molar-refractivity contribution in [3.8, 4) is 0 Å². The highest BCUT2D eigenvalue weighted by Gasteiger charge is 2.14. The summed E-state index contributed by atoms with van der Waals surface area (Å²) in [6.45, 7) is 8.71. The molecule has 0 saturated heterocycles. The SMILES string of the molecule is CCn1ncc(C(=O)Nc2ccc(C)cc2C)c1C. The molecule has 1 N–H and O–H groups in total. The van der Waals surface area contributed by atoms with E-state index in [1.165, 1.54) is 5.56 Å². The molecule has 0 atom stereocenters. The molecule has 1 amide bonds. The molecule has 0 unspecified atom stereocenters. The first-order valence-corrected chi connectivity index (χ1v) is 6.44. The minimum Gasteiger partial charge on any atom is -0.322 e. The lowest BCUT2D eigenvalue weighted by Gasteiger charge is -2.09. The van der Waals surface area contributed by atoms with E-state index in [0.29, 0.717) is 5.56 Å². The van der Waals surface area contributed by atoms with Gasteiger partial charge >= 0.3 is 0 Å². The number of hydrogen-bond donors (Lipinski definition) is 1. The second-order valence-corrected chi connectivity index (χ2v) is 4.73. The van der Waals surface area contributed by atoms with Gasteiger partial charge in [0.05, 0.1) is 11.8 Å². The van der Waals surface area contributed by atoms with Gasteiger partial charge in [-0.1, -0.05) is 17.7 Å². The number of carbonyl (C=O) groups excluding carboxylic acids is 1. The van der Waals surface area contributed by atoms with Crippen molar-refractivity contribution in [2.75, 3.05) is 5.32 Å². The summed E-state index contributed by atoms with van der Waals surface area (Å²) in [6.07, 6.45) is 1.62. The van der Waals surface area contributed by atoms with Crippen molar-refractivity contribution in [2.45, 2.75) is 34.2 Å². The van der Waals surface area contributed by atoms with Gasteiger partial charge in [0, 0.05) is 17.9 Å². The third-order valence-electron chi connectivity index (χ3n) is 3.28. The molecule has 0 fully saturated rings. The van der Waals surface area contributed by atoms with Crippen molar-refractivity contribution in [1.82, 2.24) is 9.78 Å². The summed E-state index contributed by atoms with van der Waals surface area (Å²) in [7, 11) is 0. The Morgan fingerprint density at radius 1 is 1.32 bits per heavy atom. The van der Waals surface area contributed by atoms with Crippen LogP contribution in [-0.4, -0.2) is 15.7 Å². The van der Waals surface area contributed by atoms with E-state index in [2.05, 4.69) is 16.5 Å². The summed E-state index contributed by atoms with van der Waals surface area (Å²) in [6, 6.07) is 5.98. The first-order valence-electron chi connectivity index (χ1n) is 6.44. The molecule has 0 aliphatic carbocycles. The number of carbonyl (C=O) groups is 1. The molecule has 1 aromatic heterocycles. The third-order valence-corrected chi connectivity index (χ3v) is 3.28. The molecule has 4 heteroatoms. The summed E-state index contributed by atoms with van der Waals surface area (Å²) < 4.78 is 1.82. The normalized spacial score (nSPS) is 10.5. The van der Waals surface area contributed by atoms with E-state index < -0.39 is 0 Å². The van der Waals surface area contributed by atoms with Gasteiger partial charge in [0.1, 0.15) is 0 Å². The highest BCUT2D eigenvalue weighted by Crippen LogP contribution is 2.18. The Bertz CT molecular complexity index is 614. The Labute approximate surface area is 113 Å². The number of aryl methyl sites for hydroxylation is 3. The lowest BCUT2D eigenvalue weighted by atomic mass is 10.1. The molecule has 0 spiro atoms. The molecule has 0 aliphatic heterocycles. The van der Waals surface area contributed by atoms with E-state index in [9.17, 15) is 4.79 Å². The van der Waals surface area contributed by atoms with Crippen LogP contribution in [0.15, 0.2) is 24.4 Å². The van der Waals surface area contributed by atoms with Gasteiger partial charge < -0.3 is 5.32 Å². The monoisotopic (exact) mass is 257 g/mol. The summed E-state index contributed by atoms with van der Waals surface area (Å²) in [5.74, 6) is -0.107. The first-order chi connectivity index (χ1) is 9.02. The van der Waals surface area contributed by atoms with Gasteiger partial charge in [-0.3, -0.25) is 9.48 Å². The van der Waals surface area contributed by atoms with Gasteiger partial charge in [0.25, 0.3) is 5.91 Å². The number of nitrogens with zero attached hydrogens (tertiary/aromatic N) is 2. The predicted molar refractivity (Wildman–Crippen MR) is 76.5 cm³/mol. The number of aromatic nitrogens is 2. The van der Waals surface area contributed by atoms with Crippen LogP contribution in [0.2, 0.25) is 0 Å². The Kier molecular flexibility index (Phi) is 3.69. The zero-order chi connectivity index (χ0) is 14.0. The van der Waals surface area contributed by atoms with Gasteiger partial charge in [-0.2, -0.15) is 5.10 Å². The standard InChI is InChI=1S/C15H19N3O/c1-5-18-12(4)13(9-16-18)15(19)17-14-7-6-10(2)8-11(14)3/h6-9H,5H2,1-4H3,(H,17,19). The average molecular weight is 257 g/mol. The van der Waals surface area contributed by atoms with Gasteiger partial charge in [-0.15, -0.1) is 0 Å². The summed E-state index contributed by atoms with van der Waals surface area (Å²) in [5.41, 5.74) is 4.62.